The van der Waals surface area contributed by atoms with Crippen molar-refractivity contribution in [2.24, 2.45) is 0 Å². The molecule has 46 heavy (non-hydrogen) atoms. The van der Waals surface area contributed by atoms with Crippen molar-refractivity contribution >= 4 is 33.7 Å². The molecule has 0 saturated carbocycles. The van der Waals surface area contributed by atoms with E-state index in [2.05, 4.69) is 40.3 Å². The van der Waals surface area contributed by atoms with Gasteiger partial charge in [-0.1, -0.05) is 0 Å². The first kappa shape index (κ1) is 29.5. The highest BCUT2D eigenvalue weighted by Crippen LogP contribution is 2.35. The average molecular weight is 620 g/mol. The highest BCUT2D eigenvalue weighted by Gasteiger charge is 2.17. The van der Waals surface area contributed by atoms with Crippen LogP contribution in [-0.2, 0) is 4.79 Å². The van der Waals surface area contributed by atoms with E-state index in [9.17, 15) is 9.18 Å². The average Bonchev–Trinajstić information content (AvgIpc) is 3.80. The molecule has 3 N–H and O–H groups in total. The van der Waals surface area contributed by atoms with Crippen molar-refractivity contribution in [1.29, 1.82) is 0 Å². The Hall–Kier alpha value is -5.20. The number of aromatic nitrogens is 6. The molecule has 1 aliphatic rings. The number of likely N-dealkylation sites (tertiary alicyclic amines) is 1. The minimum atomic E-state index is -0.359. The van der Waals surface area contributed by atoms with Crippen molar-refractivity contribution in [1.82, 2.24) is 39.9 Å². The summed E-state index contributed by atoms with van der Waals surface area (Å²) in [7, 11) is 3.68. The Labute approximate surface area is 264 Å². The quantitative estimate of drug-likeness (QED) is 0.187. The number of nitrogens with zero attached hydrogens (tertiary/aromatic N) is 6. The van der Waals surface area contributed by atoms with E-state index in [0.717, 1.165) is 52.8 Å². The van der Waals surface area contributed by atoms with Gasteiger partial charge in [-0.25, -0.2) is 14.4 Å². The Balaban J connectivity index is 1.18. The van der Waals surface area contributed by atoms with Crippen LogP contribution < -0.4 is 10.1 Å². The minimum absolute atomic E-state index is 0.124. The number of ether oxygens (including phenoxy) is 1. The van der Waals surface area contributed by atoms with Crippen LogP contribution in [0.3, 0.4) is 0 Å². The van der Waals surface area contributed by atoms with E-state index in [1.54, 1.807) is 29.7 Å². The molecule has 7 rings (SSSR count). The zero-order chi connectivity index (χ0) is 31.6. The number of carbonyl (C=O) groups excluding carboxylic acids is 1. The Morgan fingerprint density at radius 1 is 0.978 bits per heavy atom. The lowest BCUT2D eigenvalue weighted by atomic mass is 10.0. The molecular formula is C34H34FN9O2. The second-order valence-corrected chi connectivity index (χ2v) is 11.8. The van der Waals surface area contributed by atoms with Crippen LogP contribution in [0.4, 0.5) is 10.1 Å². The zero-order valence-corrected chi connectivity index (χ0v) is 25.7. The molecule has 0 bridgehead atoms. The van der Waals surface area contributed by atoms with Crippen LogP contribution in [-0.4, -0.2) is 92.7 Å². The highest BCUT2D eigenvalue weighted by molar-refractivity contribution is 6.00. The van der Waals surface area contributed by atoms with Crippen molar-refractivity contribution in [2.45, 2.75) is 12.8 Å². The fraction of sp³-hybridized carbons (Fsp3) is 0.265. The second-order valence-electron chi connectivity index (χ2n) is 11.8. The molecule has 0 aliphatic carbocycles. The minimum Gasteiger partial charge on any atom is -0.492 e. The van der Waals surface area contributed by atoms with E-state index in [-0.39, 0.29) is 18.3 Å². The van der Waals surface area contributed by atoms with Crippen LogP contribution in [0.5, 0.6) is 5.75 Å². The molecule has 1 aromatic carbocycles. The van der Waals surface area contributed by atoms with Gasteiger partial charge in [0.05, 0.1) is 24.1 Å². The van der Waals surface area contributed by atoms with Gasteiger partial charge in [0, 0.05) is 53.1 Å². The summed E-state index contributed by atoms with van der Waals surface area (Å²) < 4.78 is 20.8. The highest BCUT2D eigenvalue weighted by atomic mass is 19.1. The first-order chi connectivity index (χ1) is 22.4. The number of benzene rings is 1. The molecule has 1 amide bonds. The molecule has 6 heterocycles. The number of carbonyl (C=O) groups is 1. The molecule has 0 atom stereocenters. The van der Waals surface area contributed by atoms with Gasteiger partial charge < -0.3 is 19.9 Å². The second kappa shape index (κ2) is 12.7. The molecule has 5 aromatic heterocycles. The lowest BCUT2D eigenvalue weighted by molar-refractivity contribution is -0.116. The third-order valence-electron chi connectivity index (χ3n) is 8.08. The number of nitrogens with one attached hydrogen (secondary N) is 3. The Bertz CT molecular complexity index is 2030. The molecule has 1 fully saturated rings. The molecule has 0 unspecified atom stereocenters. The summed E-state index contributed by atoms with van der Waals surface area (Å²) in [5.74, 6) is 0.0192. The Morgan fingerprint density at radius 3 is 2.67 bits per heavy atom. The summed E-state index contributed by atoms with van der Waals surface area (Å²) in [6.45, 7) is 3.79. The summed E-state index contributed by atoms with van der Waals surface area (Å²) in [4.78, 5) is 33.3. The number of H-pyrrole nitrogens is 2. The summed E-state index contributed by atoms with van der Waals surface area (Å²) >= 11 is 0. The van der Waals surface area contributed by atoms with Gasteiger partial charge in [-0.15, -0.1) is 0 Å². The number of amides is 1. The van der Waals surface area contributed by atoms with Crippen LogP contribution in [0.15, 0.2) is 67.3 Å². The summed E-state index contributed by atoms with van der Waals surface area (Å²) in [5.41, 5.74) is 6.43. The number of likely N-dealkylation sites (N-methyl/N-ethyl adjacent to an activating group) is 1. The maximum absolute atomic E-state index is 14.8. The molecule has 234 valence electrons. The largest absolute Gasteiger partial charge is 0.492 e. The van der Waals surface area contributed by atoms with E-state index in [0.29, 0.717) is 40.6 Å². The van der Waals surface area contributed by atoms with Gasteiger partial charge in [-0.2, -0.15) is 5.10 Å². The maximum Gasteiger partial charge on any atom is 0.238 e. The molecule has 0 spiro atoms. The lowest BCUT2D eigenvalue weighted by Gasteiger charge is -2.15. The van der Waals surface area contributed by atoms with Crippen molar-refractivity contribution in [3.05, 3.63) is 73.1 Å². The van der Waals surface area contributed by atoms with E-state index in [1.165, 1.54) is 25.0 Å². The molecular weight excluding hydrogens is 585 g/mol. The molecule has 0 radical (unpaired) electrons. The van der Waals surface area contributed by atoms with Gasteiger partial charge in [0.25, 0.3) is 0 Å². The summed E-state index contributed by atoms with van der Waals surface area (Å²) in [5, 5.41) is 12.1. The zero-order valence-electron chi connectivity index (χ0n) is 25.7. The van der Waals surface area contributed by atoms with Gasteiger partial charge in [0.15, 0.2) is 5.65 Å². The van der Waals surface area contributed by atoms with Gasteiger partial charge in [0.2, 0.25) is 5.91 Å². The smallest absolute Gasteiger partial charge is 0.238 e. The number of halogens is 1. The Morgan fingerprint density at radius 2 is 1.83 bits per heavy atom. The lowest BCUT2D eigenvalue weighted by Crippen LogP contribution is -2.27. The van der Waals surface area contributed by atoms with E-state index in [1.807, 2.05) is 44.4 Å². The van der Waals surface area contributed by atoms with Crippen LogP contribution >= 0.6 is 0 Å². The maximum atomic E-state index is 14.8. The fourth-order valence-electron chi connectivity index (χ4n) is 5.93. The van der Waals surface area contributed by atoms with Crippen LogP contribution in [0.25, 0.3) is 55.7 Å². The third-order valence-corrected chi connectivity index (χ3v) is 8.08. The molecule has 1 aliphatic heterocycles. The molecule has 6 aromatic rings. The first-order valence-corrected chi connectivity index (χ1v) is 15.3. The van der Waals surface area contributed by atoms with Crippen LogP contribution in [0.2, 0.25) is 0 Å². The number of anilines is 1. The summed E-state index contributed by atoms with van der Waals surface area (Å²) in [6.07, 6.45) is 9.23. The SMILES string of the molecule is CN(C)CC(=O)Nc1cncc(-c2cnc3[nH]nc(-c4cc5c(-c6cc(F)cc(OCCN7CCCC7)c6)ccnc5[nH]4)c3c2)c1. The number of hydrogen-bond acceptors (Lipinski definition) is 8. The first-order valence-electron chi connectivity index (χ1n) is 15.3. The molecule has 1 saturated heterocycles. The van der Waals surface area contributed by atoms with E-state index < -0.39 is 0 Å². The van der Waals surface area contributed by atoms with Crippen LogP contribution in [0.1, 0.15) is 12.8 Å². The van der Waals surface area contributed by atoms with Crippen molar-refractivity contribution in [2.75, 3.05) is 52.2 Å². The Kier molecular flexibility index (Phi) is 8.12. The number of fused-ring (bicyclic) bond motifs is 2. The van der Waals surface area contributed by atoms with Crippen molar-refractivity contribution in [3.8, 4) is 39.4 Å². The van der Waals surface area contributed by atoms with Gasteiger partial charge in [-0.05, 0) is 87.6 Å². The predicted molar refractivity (Wildman–Crippen MR) is 176 cm³/mol. The number of hydrogen-bond donors (Lipinski definition) is 3. The monoisotopic (exact) mass is 619 g/mol. The molecule has 12 heteroatoms. The van der Waals surface area contributed by atoms with E-state index in [4.69, 9.17) is 4.74 Å². The number of rotatable bonds is 10. The van der Waals surface area contributed by atoms with E-state index >= 15 is 0 Å². The molecule has 11 nitrogen and oxygen atoms in total. The number of pyridine rings is 3. The third kappa shape index (κ3) is 6.30. The predicted octanol–water partition coefficient (Wildman–Crippen LogP) is 5.34. The van der Waals surface area contributed by atoms with Gasteiger partial charge >= 0.3 is 0 Å². The van der Waals surface area contributed by atoms with Crippen molar-refractivity contribution in [3.63, 3.8) is 0 Å². The topological polar surface area (TPSA) is 128 Å². The van der Waals surface area contributed by atoms with Gasteiger partial charge in [0.1, 0.15) is 29.5 Å². The van der Waals surface area contributed by atoms with Gasteiger partial charge in [-0.3, -0.25) is 19.8 Å². The standard InChI is InChI=1S/C34H34FN9O2/c1-43(2)20-31(45)39-25-12-22(17-36-19-25)23-14-29-32(41-42-34(29)38-18-23)30-16-28-27(5-6-37-33(28)40-30)21-11-24(35)15-26(13-21)46-10-9-44-7-3-4-8-44/h5-6,11-19H,3-4,7-10,20H2,1-2H3,(H,37,40)(H,39,45)(H,38,41,42). The summed E-state index contributed by atoms with van der Waals surface area (Å²) in [6, 6.07) is 12.5. The normalized spacial score (nSPS) is 13.7. The number of aromatic amines is 2. The fourth-order valence-corrected chi connectivity index (χ4v) is 5.93. The van der Waals surface area contributed by atoms with Crippen molar-refractivity contribution < 1.29 is 13.9 Å². The van der Waals surface area contributed by atoms with Crippen LogP contribution in [0, 0.1) is 5.82 Å².